The second-order valence-corrected chi connectivity index (χ2v) is 11.3. The number of benzene rings is 3. The van der Waals surface area contributed by atoms with E-state index in [0.29, 0.717) is 5.56 Å². The van der Waals surface area contributed by atoms with Gasteiger partial charge >= 0.3 is 0 Å². The molecule has 0 unspecified atom stereocenters. The quantitative estimate of drug-likeness (QED) is 0.131. The van der Waals surface area contributed by atoms with Crippen molar-refractivity contribution in [3.8, 4) is 11.5 Å². The van der Waals surface area contributed by atoms with Crippen molar-refractivity contribution in [2.45, 2.75) is 21.6 Å². The van der Waals surface area contributed by atoms with E-state index in [-0.39, 0.29) is 22.5 Å². The van der Waals surface area contributed by atoms with E-state index in [1.54, 1.807) is 0 Å². The molecule has 0 saturated carbocycles. The molecule has 13 nitrogen and oxygen atoms in total. The van der Waals surface area contributed by atoms with Crippen molar-refractivity contribution in [3.05, 3.63) is 42.0 Å². The zero-order valence-corrected chi connectivity index (χ0v) is 20.2. The molecule has 0 amide bonds. The molecule has 0 spiro atoms. The van der Waals surface area contributed by atoms with Gasteiger partial charge in [0.15, 0.2) is 5.75 Å². The van der Waals surface area contributed by atoms with Gasteiger partial charge in [-0.05, 0) is 48.2 Å². The molecule has 3 aromatic carbocycles. The first-order valence-electron chi connectivity index (χ1n) is 8.56. The Hall–Kier alpha value is -2.31. The molecule has 189 valence electrons. The van der Waals surface area contributed by atoms with E-state index in [1.165, 1.54) is 13.0 Å². The number of phenols is 2. The second-order valence-electron chi connectivity index (χ2n) is 6.82. The number of sulfonamides is 1. The van der Waals surface area contributed by atoms with Crippen LogP contribution in [0, 0.1) is 6.92 Å². The van der Waals surface area contributed by atoms with Gasteiger partial charge in [0.25, 0.3) is 10.1 Å². The van der Waals surface area contributed by atoms with E-state index in [9.17, 15) is 45.3 Å². The van der Waals surface area contributed by atoms with Crippen LogP contribution in [0.15, 0.2) is 61.3 Å². The Bertz CT molecular complexity index is 1530. The van der Waals surface area contributed by atoms with E-state index < -0.39 is 74.0 Å². The van der Waals surface area contributed by atoms with Gasteiger partial charge in [0.05, 0.1) is 9.79 Å². The van der Waals surface area contributed by atoms with Crippen molar-refractivity contribution in [2.24, 2.45) is 15.4 Å². The average Bonchev–Trinajstić information content (AvgIpc) is 2.65. The predicted octanol–water partition coefficient (Wildman–Crippen LogP) is 3.45. The van der Waals surface area contributed by atoms with Crippen LogP contribution < -0.4 is 5.14 Å². The molecule has 0 bridgehead atoms. The molecule has 3 rings (SSSR count). The van der Waals surface area contributed by atoms with Crippen molar-refractivity contribution < 1.29 is 62.3 Å². The van der Waals surface area contributed by atoms with E-state index in [4.69, 9.17) is 5.14 Å². The zero-order chi connectivity index (χ0) is 24.9. The Balaban J connectivity index is 0.00000408. The first kappa shape index (κ1) is 27.9. The fraction of sp³-hybridized carbons (Fsp3) is 0.0588. The summed E-state index contributed by atoms with van der Waals surface area (Å²) in [5.41, 5.74) is -1.02. The molecule has 0 fully saturated rings. The number of phenolic OH excluding ortho intramolecular Hbond substituents is 2. The van der Waals surface area contributed by atoms with Gasteiger partial charge in [0.2, 0.25) is 10.0 Å². The van der Waals surface area contributed by atoms with Gasteiger partial charge in [0, 0.05) is 22.5 Å². The summed E-state index contributed by atoms with van der Waals surface area (Å²) in [5, 5.41) is 32.2. The number of hydrogen-bond acceptors (Lipinski definition) is 11. The van der Waals surface area contributed by atoms with Crippen LogP contribution in [-0.2, 0) is 37.2 Å². The normalized spacial score (nSPS) is 13.2. The Morgan fingerprint density at radius 3 is 2.00 bits per heavy atom. The number of aryl methyl sites for hydroxylation is 1. The molecule has 3 aromatic rings. The number of azo groups is 1. The number of nitrogens with two attached hydrogens (primary N) is 1. The maximum Gasteiger partial charge on any atom is 0.296 e. The van der Waals surface area contributed by atoms with Gasteiger partial charge in [-0.3, -0.25) is 4.55 Å². The van der Waals surface area contributed by atoms with Crippen LogP contribution in [0.2, 0.25) is 0 Å². The summed E-state index contributed by atoms with van der Waals surface area (Å²) in [5.74, 6) is -1.59. The number of fused-ring (bicyclic) bond motifs is 1. The van der Waals surface area contributed by atoms with E-state index in [2.05, 4.69) is 10.2 Å². The van der Waals surface area contributed by atoms with E-state index in [0.717, 1.165) is 30.3 Å². The molecule has 0 aliphatic heterocycles. The van der Waals surface area contributed by atoms with Crippen LogP contribution in [0.3, 0.4) is 0 Å². The number of hydrogen-bond donors (Lipinski definition) is 7. The summed E-state index contributed by atoms with van der Waals surface area (Å²) >= 11 is 0. The number of primary sulfonamides is 1. The van der Waals surface area contributed by atoms with E-state index in [1.807, 2.05) is 0 Å². The van der Waals surface area contributed by atoms with Gasteiger partial charge in [-0.1, -0.05) is 6.07 Å². The van der Waals surface area contributed by atoms with Crippen LogP contribution in [0.1, 0.15) is 5.56 Å². The number of aromatic hydroxyl groups is 2. The van der Waals surface area contributed by atoms with Crippen LogP contribution in [0.25, 0.3) is 10.8 Å². The first-order chi connectivity index (χ1) is 15.0. The van der Waals surface area contributed by atoms with Crippen molar-refractivity contribution in [1.82, 2.24) is 0 Å². The Kier molecular flexibility index (Phi) is 7.71. The molecular weight excluding hydrogens is 566 g/mol. The summed E-state index contributed by atoms with van der Waals surface area (Å²) in [4.78, 5) is -1.95. The second kappa shape index (κ2) is 9.38. The minimum atomic E-state index is -5.03. The third kappa shape index (κ3) is 5.66. The number of nitrogens with zero attached hydrogens (tertiary/aromatic N) is 2. The molecule has 1 radical (unpaired) electrons. The molecule has 0 aromatic heterocycles. The standard InChI is InChI=1S/C17H17N3O10S3.Cu/c1-8-4-9-6-14(33(28,29)30)16(17(22)15(9)13(5-8)32(25,26)27)20-19-11-7-10(31(18,23)24)2-3-12(11)21;/h2-7,21-22,25-27H,1H3,(H2,18,23,24)(H,28,29,30);. The van der Waals surface area contributed by atoms with Gasteiger partial charge < -0.3 is 23.9 Å². The van der Waals surface area contributed by atoms with Crippen LogP contribution in [-0.4, -0.2) is 45.3 Å². The molecule has 0 atom stereocenters. The molecule has 0 aliphatic carbocycles. The minimum absolute atomic E-state index is 0. The predicted molar refractivity (Wildman–Crippen MR) is 118 cm³/mol. The summed E-state index contributed by atoms with van der Waals surface area (Å²) in [6.45, 7) is 1.49. The van der Waals surface area contributed by atoms with Gasteiger partial charge in [-0.25, -0.2) is 13.6 Å². The van der Waals surface area contributed by atoms with Crippen molar-refractivity contribution in [3.63, 3.8) is 0 Å². The van der Waals surface area contributed by atoms with Crippen LogP contribution in [0.5, 0.6) is 11.5 Å². The third-order valence-electron chi connectivity index (χ3n) is 4.36. The minimum Gasteiger partial charge on any atom is -0.506 e. The monoisotopic (exact) mass is 582 g/mol. The van der Waals surface area contributed by atoms with Gasteiger partial charge in [0.1, 0.15) is 32.9 Å². The summed E-state index contributed by atoms with van der Waals surface area (Å²) in [7, 11) is -13.6. The van der Waals surface area contributed by atoms with Gasteiger partial charge in [-0.2, -0.15) is 8.42 Å². The maximum atomic E-state index is 11.9. The molecule has 0 heterocycles. The number of rotatable bonds is 5. The van der Waals surface area contributed by atoms with Crippen molar-refractivity contribution in [1.29, 1.82) is 0 Å². The van der Waals surface area contributed by atoms with Crippen LogP contribution in [0.4, 0.5) is 11.4 Å². The van der Waals surface area contributed by atoms with Crippen LogP contribution >= 0.6 is 10.9 Å². The van der Waals surface area contributed by atoms with Crippen molar-refractivity contribution >= 4 is 53.2 Å². The summed E-state index contributed by atoms with van der Waals surface area (Å²) in [6.07, 6.45) is 0. The fourth-order valence-electron chi connectivity index (χ4n) is 2.97. The smallest absolute Gasteiger partial charge is 0.296 e. The van der Waals surface area contributed by atoms with Crippen molar-refractivity contribution in [2.75, 3.05) is 0 Å². The SMILES string of the molecule is Cc1cc(S(O)(O)O)c2c(O)c(N=Nc3cc(S(N)(=O)=O)ccc3O)c(S(=O)(=O)O)cc2c1.[Cu]. The molecular formula is C17H17CuN3O10S3. The Morgan fingerprint density at radius 1 is 0.853 bits per heavy atom. The zero-order valence-electron chi connectivity index (χ0n) is 16.8. The fourth-order valence-corrected chi connectivity index (χ4v) is 4.99. The first-order valence-corrected chi connectivity index (χ1v) is 13.0. The molecule has 0 saturated heterocycles. The third-order valence-corrected chi connectivity index (χ3v) is 7.05. The summed E-state index contributed by atoms with van der Waals surface area (Å²) < 4.78 is 85.8. The summed E-state index contributed by atoms with van der Waals surface area (Å²) in [6, 6.07) is 6.04. The molecule has 8 N–H and O–H groups in total. The Morgan fingerprint density at radius 2 is 1.47 bits per heavy atom. The molecule has 17 heteroatoms. The van der Waals surface area contributed by atoms with Gasteiger partial charge in [-0.15, -0.1) is 10.2 Å². The molecule has 0 aliphatic rings. The topological polar surface area (TPSA) is 240 Å². The maximum absolute atomic E-state index is 11.9. The average molecular weight is 583 g/mol. The van der Waals surface area contributed by atoms with E-state index >= 15 is 0 Å². The molecule has 34 heavy (non-hydrogen) atoms. The largest absolute Gasteiger partial charge is 0.506 e. The Labute approximate surface area is 205 Å².